The van der Waals surface area contributed by atoms with Crippen molar-refractivity contribution in [1.82, 2.24) is 15.2 Å². The Hall–Kier alpha value is -1.83. The SMILES string of the molecule is CN=C(NCc1ncccc1C)N(C)CCOc1ccccc1.I. The number of aryl methyl sites for hydroxylation is 1. The first-order valence-electron chi connectivity index (χ1n) is 7.71. The van der Waals surface area contributed by atoms with E-state index in [1.165, 1.54) is 5.56 Å². The predicted molar refractivity (Wildman–Crippen MR) is 109 cm³/mol. The molecule has 0 saturated carbocycles. The molecule has 0 unspecified atom stereocenters. The maximum Gasteiger partial charge on any atom is 0.193 e. The fraction of sp³-hybridized carbons (Fsp3) is 0.333. The van der Waals surface area contributed by atoms with Gasteiger partial charge in [0.25, 0.3) is 0 Å². The van der Waals surface area contributed by atoms with Crippen LogP contribution in [0.25, 0.3) is 0 Å². The van der Waals surface area contributed by atoms with Gasteiger partial charge in [-0.1, -0.05) is 24.3 Å². The lowest BCUT2D eigenvalue weighted by Crippen LogP contribution is -2.40. The van der Waals surface area contributed by atoms with E-state index in [0.717, 1.165) is 23.9 Å². The Balaban J connectivity index is 0.00000288. The molecular weight excluding hydrogens is 415 g/mol. The molecule has 6 heteroatoms. The molecule has 0 aliphatic carbocycles. The van der Waals surface area contributed by atoms with Crippen LogP contribution in [0.4, 0.5) is 0 Å². The first-order chi connectivity index (χ1) is 11.2. The number of hydrogen-bond donors (Lipinski definition) is 1. The van der Waals surface area contributed by atoms with Gasteiger partial charge in [-0.3, -0.25) is 9.98 Å². The molecule has 1 N–H and O–H groups in total. The molecule has 1 heterocycles. The Morgan fingerprint density at radius 1 is 1.21 bits per heavy atom. The minimum Gasteiger partial charge on any atom is -0.492 e. The molecule has 0 atom stereocenters. The molecule has 2 rings (SSSR count). The monoisotopic (exact) mass is 440 g/mol. The van der Waals surface area contributed by atoms with Crippen molar-refractivity contribution >= 4 is 29.9 Å². The molecule has 0 aliphatic rings. The van der Waals surface area contributed by atoms with E-state index in [4.69, 9.17) is 4.74 Å². The molecule has 0 radical (unpaired) electrons. The quantitative estimate of drug-likeness (QED) is 0.426. The van der Waals surface area contributed by atoms with Gasteiger partial charge in [0.05, 0.1) is 18.8 Å². The van der Waals surface area contributed by atoms with Crippen LogP contribution in [0.15, 0.2) is 53.7 Å². The smallest absolute Gasteiger partial charge is 0.193 e. The number of benzene rings is 1. The van der Waals surface area contributed by atoms with E-state index in [9.17, 15) is 0 Å². The second-order valence-electron chi connectivity index (χ2n) is 5.25. The van der Waals surface area contributed by atoms with E-state index >= 15 is 0 Å². The number of nitrogens with zero attached hydrogens (tertiary/aromatic N) is 3. The van der Waals surface area contributed by atoms with E-state index in [0.29, 0.717) is 13.2 Å². The standard InChI is InChI=1S/C18H24N4O.HI/c1-15-8-7-11-20-17(15)14-21-18(19-2)22(3)12-13-23-16-9-5-4-6-10-16;/h4-11H,12-14H2,1-3H3,(H,19,21);1H. The van der Waals surface area contributed by atoms with Crippen molar-refractivity contribution in [3.63, 3.8) is 0 Å². The molecule has 130 valence electrons. The van der Waals surface area contributed by atoms with Crippen LogP contribution < -0.4 is 10.1 Å². The Labute approximate surface area is 161 Å². The molecular formula is C18H25IN4O. The number of rotatable bonds is 6. The highest BCUT2D eigenvalue weighted by molar-refractivity contribution is 14.0. The first-order valence-corrected chi connectivity index (χ1v) is 7.71. The second kappa shape index (κ2) is 10.9. The number of likely N-dealkylation sites (N-methyl/N-ethyl adjacent to an activating group) is 1. The third-order valence-corrected chi connectivity index (χ3v) is 3.54. The van der Waals surface area contributed by atoms with Crippen LogP contribution in [0.5, 0.6) is 5.75 Å². The molecule has 0 spiro atoms. The summed E-state index contributed by atoms with van der Waals surface area (Å²) in [5, 5.41) is 3.33. The van der Waals surface area contributed by atoms with Gasteiger partial charge in [-0.2, -0.15) is 0 Å². The van der Waals surface area contributed by atoms with Crippen LogP contribution in [-0.4, -0.2) is 43.1 Å². The topological polar surface area (TPSA) is 49.8 Å². The third-order valence-electron chi connectivity index (χ3n) is 3.54. The Kier molecular flexibility index (Phi) is 9.14. The van der Waals surface area contributed by atoms with Crippen molar-refractivity contribution in [2.75, 3.05) is 27.2 Å². The fourth-order valence-corrected chi connectivity index (χ4v) is 2.17. The van der Waals surface area contributed by atoms with E-state index in [1.807, 2.05) is 54.5 Å². The zero-order valence-electron chi connectivity index (χ0n) is 14.4. The molecule has 1 aromatic heterocycles. The Morgan fingerprint density at radius 3 is 2.62 bits per heavy atom. The number of para-hydroxylation sites is 1. The van der Waals surface area contributed by atoms with E-state index in [1.54, 1.807) is 7.05 Å². The Morgan fingerprint density at radius 2 is 1.96 bits per heavy atom. The average molecular weight is 440 g/mol. The van der Waals surface area contributed by atoms with Gasteiger partial charge in [0.1, 0.15) is 12.4 Å². The van der Waals surface area contributed by atoms with Gasteiger partial charge in [0.2, 0.25) is 0 Å². The average Bonchev–Trinajstić information content (AvgIpc) is 2.58. The third kappa shape index (κ3) is 6.35. The fourth-order valence-electron chi connectivity index (χ4n) is 2.17. The molecule has 24 heavy (non-hydrogen) atoms. The number of halogens is 1. The minimum atomic E-state index is 0. The maximum atomic E-state index is 5.72. The van der Waals surface area contributed by atoms with Crippen molar-refractivity contribution in [1.29, 1.82) is 0 Å². The van der Waals surface area contributed by atoms with Gasteiger partial charge in [0.15, 0.2) is 5.96 Å². The predicted octanol–water partition coefficient (Wildman–Crippen LogP) is 3.09. The molecule has 1 aromatic carbocycles. The highest BCUT2D eigenvalue weighted by Gasteiger charge is 2.07. The summed E-state index contributed by atoms with van der Waals surface area (Å²) in [7, 11) is 3.77. The number of pyridine rings is 1. The number of nitrogens with one attached hydrogen (secondary N) is 1. The summed E-state index contributed by atoms with van der Waals surface area (Å²) in [5.74, 6) is 1.71. The van der Waals surface area contributed by atoms with Gasteiger partial charge >= 0.3 is 0 Å². The van der Waals surface area contributed by atoms with Crippen LogP contribution in [0.1, 0.15) is 11.3 Å². The molecule has 0 saturated heterocycles. The van der Waals surface area contributed by atoms with Crippen molar-refractivity contribution in [3.05, 3.63) is 59.9 Å². The minimum absolute atomic E-state index is 0. The summed E-state index contributed by atoms with van der Waals surface area (Å²) in [6.07, 6.45) is 1.81. The lowest BCUT2D eigenvalue weighted by molar-refractivity contribution is 0.281. The molecule has 2 aromatic rings. The van der Waals surface area contributed by atoms with Crippen LogP contribution in [-0.2, 0) is 6.54 Å². The van der Waals surface area contributed by atoms with Gasteiger partial charge in [0, 0.05) is 20.3 Å². The zero-order chi connectivity index (χ0) is 16.5. The van der Waals surface area contributed by atoms with E-state index in [2.05, 4.69) is 28.3 Å². The Bertz CT molecular complexity index is 634. The highest BCUT2D eigenvalue weighted by Crippen LogP contribution is 2.08. The van der Waals surface area contributed by atoms with Crippen LogP contribution in [0.3, 0.4) is 0 Å². The second-order valence-corrected chi connectivity index (χ2v) is 5.25. The molecule has 0 fully saturated rings. The van der Waals surface area contributed by atoms with E-state index in [-0.39, 0.29) is 24.0 Å². The number of aliphatic imine (C=N–C) groups is 1. The summed E-state index contributed by atoms with van der Waals surface area (Å²) < 4.78 is 5.72. The maximum absolute atomic E-state index is 5.72. The summed E-state index contributed by atoms with van der Waals surface area (Å²) in [5.41, 5.74) is 2.20. The van der Waals surface area contributed by atoms with Gasteiger partial charge in [-0.15, -0.1) is 24.0 Å². The van der Waals surface area contributed by atoms with Crippen molar-refractivity contribution in [3.8, 4) is 5.75 Å². The van der Waals surface area contributed by atoms with Crippen molar-refractivity contribution in [2.45, 2.75) is 13.5 Å². The summed E-state index contributed by atoms with van der Waals surface area (Å²) in [6.45, 7) is 4.06. The zero-order valence-corrected chi connectivity index (χ0v) is 16.7. The number of ether oxygens (including phenoxy) is 1. The van der Waals surface area contributed by atoms with Gasteiger partial charge in [-0.25, -0.2) is 0 Å². The first kappa shape index (κ1) is 20.2. The van der Waals surface area contributed by atoms with Gasteiger partial charge in [-0.05, 0) is 30.7 Å². The van der Waals surface area contributed by atoms with Crippen LogP contribution >= 0.6 is 24.0 Å². The lowest BCUT2D eigenvalue weighted by Gasteiger charge is -2.22. The van der Waals surface area contributed by atoms with Crippen LogP contribution in [0, 0.1) is 6.92 Å². The summed E-state index contributed by atoms with van der Waals surface area (Å²) in [4.78, 5) is 10.7. The summed E-state index contributed by atoms with van der Waals surface area (Å²) in [6, 6.07) is 13.8. The molecule has 0 aliphatic heterocycles. The van der Waals surface area contributed by atoms with Crippen LogP contribution in [0.2, 0.25) is 0 Å². The molecule has 0 bridgehead atoms. The number of guanidine groups is 1. The largest absolute Gasteiger partial charge is 0.492 e. The highest BCUT2D eigenvalue weighted by atomic mass is 127. The molecule has 0 amide bonds. The molecule has 5 nitrogen and oxygen atoms in total. The normalized spacial score (nSPS) is 10.7. The summed E-state index contributed by atoms with van der Waals surface area (Å²) >= 11 is 0. The lowest BCUT2D eigenvalue weighted by atomic mass is 10.2. The van der Waals surface area contributed by atoms with E-state index < -0.39 is 0 Å². The number of aromatic nitrogens is 1. The number of hydrogen-bond acceptors (Lipinski definition) is 3. The van der Waals surface area contributed by atoms with Gasteiger partial charge < -0.3 is 15.0 Å². The van der Waals surface area contributed by atoms with Crippen molar-refractivity contribution in [2.24, 2.45) is 4.99 Å². The van der Waals surface area contributed by atoms with Crippen molar-refractivity contribution < 1.29 is 4.74 Å².